The maximum atomic E-state index is 11.3. The summed E-state index contributed by atoms with van der Waals surface area (Å²) in [7, 11) is 0. The minimum atomic E-state index is -0.994. The molecule has 10 nitrogen and oxygen atoms in total. The first-order valence-electron chi connectivity index (χ1n) is 10.7. The van der Waals surface area contributed by atoms with E-state index >= 15 is 0 Å². The summed E-state index contributed by atoms with van der Waals surface area (Å²) in [6, 6.07) is 7.86. The molecule has 2 unspecified atom stereocenters. The summed E-state index contributed by atoms with van der Waals surface area (Å²) >= 11 is 0. The number of hydrogen-bond donors (Lipinski definition) is 2. The Morgan fingerprint density at radius 1 is 1.30 bits per heavy atom. The van der Waals surface area contributed by atoms with Crippen molar-refractivity contribution in [3.05, 3.63) is 42.4 Å². The molecule has 2 bridgehead atoms. The summed E-state index contributed by atoms with van der Waals surface area (Å²) in [5, 5.41) is 33.1. The lowest BCUT2D eigenvalue weighted by Crippen LogP contribution is -2.70. The molecule has 0 spiro atoms. The first kappa shape index (κ1) is 21.0. The molecule has 0 saturated carbocycles. The van der Waals surface area contributed by atoms with Crippen molar-refractivity contribution in [1.29, 1.82) is 5.26 Å². The molecule has 2 N–H and O–H groups in total. The lowest BCUT2D eigenvalue weighted by Gasteiger charge is -2.55. The lowest BCUT2D eigenvalue weighted by molar-refractivity contribution is 0.0112. The third kappa shape index (κ3) is 3.81. The van der Waals surface area contributed by atoms with Gasteiger partial charge in [0, 0.05) is 30.4 Å². The molecule has 3 aromatic heterocycles. The van der Waals surface area contributed by atoms with Gasteiger partial charge in [-0.3, -0.25) is 4.90 Å². The Morgan fingerprint density at radius 3 is 2.67 bits per heavy atom. The van der Waals surface area contributed by atoms with Crippen molar-refractivity contribution >= 4 is 17.4 Å². The number of pyridine rings is 2. The smallest absolute Gasteiger partial charge is 0.407 e. The van der Waals surface area contributed by atoms with Crippen molar-refractivity contribution in [1.82, 2.24) is 19.5 Å². The Morgan fingerprint density at radius 2 is 2.06 bits per heavy atom. The van der Waals surface area contributed by atoms with Gasteiger partial charge in [0.05, 0.1) is 41.2 Å². The number of ether oxygens (including phenoxy) is 1. The van der Waals surface area contributed by atoms with Crippen LogP contribution in [0.15, 0.2) is 36.8 Å². The predicted octanol–water partition coefficient (Wildman–Crippen LogP) is 2.36. The van der Waals surface area contributed by atoms with E-state index in [4.69, 9.17) is 4.74 Å². The van der Waals surface area contributed by atoms with Crippen molar-refractivity contribution in [2.24, 2.45) is 0 Å². The second-order valence-corrected chi connectivity index (χ2v) is 9.20. The van der Waals surface area contributed by atoms with Crippen molar-refractivity contribution in [2.45, 2.75) is 38.0 Å². The number of hydrogen-bond acceptors (Lipinski definition) is 7. The maximum Gasteiger partial charge on any atom is 0.407 e. The van der Waals surface area contributed by atoms with Crippen molar-refractivity contribution < 1.29 is 19.7 Å². The summed E-state index contributed by atoms with van der Waals surface area (Å²) in [6.45, 7) is 4.68. The first-order valence-corrected chi connectivity index (χ1v) is 10.7. The summed E-state index contributed by atoms with van der Waals surface area (Å²) in [4.78, 5) is 19.6. The van der Waals surface area contributed by atoms with Crippen LogP contribution in [0, 0.1) is 11.3 Å². The van der Waals surface area contributed by atoms with Crippen molar-refractivity contribution in [3.8, 4) is 22.9 Å². The number of piperidine rings is 1. The highest BCUT2D eigenvalue weighted by Crippen LogP contribution is 2.35. The summed E-state index contributed by atoms with van der Waals surface area (Å²) in [6.07, 6.45) is 4.97. The molecule has 3 aromatic rings. The second-order valence-electron chi connectivity index (χ2n) is 9.20. The number of fused-ring (bicyclic) bond motifs is 3. The molecule has 3 aliphatic rings. The minimum Gasteiger partial charge on any atom is -0.489 e. The van der Waals surface area contributed by atoms with Crippen LogP contribution in [0.5, 0.6) is 5.75 Å². The molecule has 2 atom stereocenters. The van der Waals surface area contributed by atoms with E-state index in [2.05, 4.69) is 21.1 Å². The van der Waals surface area contributed by atoms with E-state index in [-0.39, 0.29) is 18.7 Å². The Kier molecular flexibility index (Phi) is 4.87. The average molecular weight is 448 g/mol. The Balaban J connectivity index is 1.44. The molecule has 0 radical (unpaired) electrons. The van der Waals surface area contributed by atoms with Crippen LogP contribution in [0.1, 0.15) is 25.8 Å². The van der Waals surface area contributed by atoms with E-state index in [0.29, 0.717) is 29.9 Å². The second kappa shape index (κ2) is 7.64. The molecule has 3 saturated heterocycles. The molecule has 0 aliphatic carbocycles. The number of piperazine rings is 1. The van der Waals surface area contributed by atoms with Gasteiger partial charge in [0.2, 0.25) is 0 Å². The third-order valence-corrected chi connectivity index (χ3v) is 6.10. The van der Waals surface area contributed by atoms with Gasteiger partial charge in [-0.25, -0.2) is 14.3 Å². The molecular weight excluding hydrogens is 424 g/mol. The lowest BCUT2D eigenvalue weighted by atomic mass is 9.88. The number of carboxylic acid groups (broad SMARTS) is 1. The van der Waals surface area contributed by atoms with Crippen LogP contribution in [-0.2, 0) is 0 Å². The number of nitriles is 1. The fourth-order valence-corrected chi connectivity index (χ4v) is 4.58. The van der Waals surface area contributed by atoms with Gasteiger partial charge >= 0.3 is 6.09 Å². The highest BCUT2D eigenvalue weighted by atomic mass is 16.5. The van der Waals surface area contributed by atoms with Crippen LogP contribution >= 0.6 is 0 Å². The van der Waals surface area contributed by atoms with E-state index < -0.39 is 11.7 Å². The van der Waals surface area contributed by atoms with Gasteiger partial charge in [-0.2, -0.15) is 10.4 Å². The van der Waals surface area contributed by atoms with Gasteiger partial charge in [0.25, 0.3) is 0 Å². The largest absolute Gasteiger partial charge is 0.489 e. The quantitative estimate of drug-likeness (QED) is 0.609. The fraction of sp³-hybridized carbons (Fsp3) is 0.391. The zero-order valence-corrected chi connectivity index (χ0v) is 18.3. The van der Waals surface area contributed by atoms with Crippen molar-refractivity contribution in [2.75, 3.05) is 24.6 Å². The number of amides is 1. The summed E-state index contributed by atoms with van der Waals surface area (Å²) in [5.74, 6) is 1.30. The van der Waals surface area contributed by atoms with Crippen LogP contribution in [-0.4, -0.2) is 73.2 Å². The highest BCUT2D eigenvalue weighted by Gasteiger charge is 2.47. The molecular formula is C23H24N6O4. The molecule has 3 fully saturated rings. The van der Waals surface area contributed by atoms with Gasteiger partial charge in [-0.1, -0.05) is 0 Å². The van der Waals surface area contributed by atoms with E-state index in [1.807, 2.05) is 18.2 Å². The number of carbonyl (C=O) groups is 1. The van der Waals surface area contributed by atoms with Crippen LogP contribution in [0.4, 0.5) is 10.6 Å². The zero-order valence-electron chi connectivity index (χ0n) is 18.3. The number of aliphatic hydroxyl groups is 1. The number of rotatable bonds is 5. The third-order valence-electron chi connectivity index (χ3n) is 6.10. The fourth-order valence-electron chi connectivity index (χ4n) is 4.58. The first-order chi connectivity index (χ1) is 15.7. The van der Waals surface area contributed by atoms with Gasteiger partial charge in [-0.05, 0) is 38.5 Å². The Labute approximate surface area is 190 Å². The van der Waals surface area contributed by atoms with E-state index in [1.165, 1.54) is 11.1 Å². The molecule has 10 heteroatoms. The molecule has 3 aliphatic heterocycles. The van der Waals surface area contributed by atoms with E-state index in [9.17, 15) is 20.3 Å². The molecule has 33 heavy (non-hydrogen) atoms. The van der Waals surface area contributed by atoms with Crippen LogP contribution in [0.25, 0.3) is 16.6 Å². The zero-order chi connectivity index (χ0) is 23.3. The van der Waals surface area contributed by atoms with Crippen molar-refractivity contribution in [3.63, 3.8) is 0 Å². The van der Waals surface area contributed by atoms with E-state index in [1.54, 1.807) is 30.8 Å². The predicted molar refractivity (Wildman–Crippen MR) is 119 cm³/mol. The Hall–Kier alpha value is -3.84. The molecule has 1 amide bonds. The van der Waals surface area contributed by atoms with Gasteiger partial charge in [0.1, 0.15) is 24.2 Å². The molecule has 0 aromatic carbocycles. The standard InChI is InChI=1S/C23H24N6O4/c1-23(2,32)13-33-18-6-19(21-15(7-24)9-26-28(21)12-18)14-3-4-20(25-8-14)27-10-16-5-17(11-27)29(16)22(30)31/h3-4,6,8-9,12,16-17,32H,5,10-11,13H2,1-2H3,(H,30,31). The number of nitrogens with zero attached hydrogens (tertiary/aromatic N) is 6. The molecule has 6 heterocycles. The normalized spacial score (nSPS) is 19.8. The summed E-state index contributed by atoms with van der Waals surface area (Å²) in [5.41, 5.74) is 1.64. The van der Waals surface area contributed by atoms with Gasteiger partial charge in [0.15, 0.2) is 0 Å². The monoisotopic (exact) mass is 448 g/mol. The number of aromatic nitrogens is 3. The number of anilines is 1. The van der Waals surface area contributed by atoms with Gasteiger partial charge < -0.3 is 19.8 Å². The SMILES string of the molecule is CC(C)(O)COc1cc(-c2ccc(N3CC4CC(C3)N4C(=O)O)nc2)c2c(C#N)cnn2c1. The van der Waals surface area contributed by atoms with Crippen LogP contribution in [0.3, 0.4) is 0 Å². The molecule has 170 valence electrons. The summed E-state index contributed by atoms with van der Waals surface area (Å²) < 4.78 is 7.37. The van der Waals surface area contributed by atoms with Gasteiger partial charge in [-0.15, -0.1) is 0 Å². The van der Waals surface area contributed by atoms with E-state index in [0.717, 1.165) is 23.4 Å². The topological polar surface area (TPSA) is 127 Å². The van der Waals surface area contributed by atoms with Crippen LogP contribution < -0.4 is 9.64 Å². The average Bonchev–Trinajstić information content (AvgIpc) is 3.19. The minimum absolute atomic E-state index is 0.0111. The maximum absolute atomic E-state index is 11.3. The molecule has 6 rings (SSSR count). The Bertz CT molecular complexity index is 1240. The highest BCUT2D eigenvalue weighted by molar-refractivity contribution is 5.85. The van der Waals surface area contributed by atoms with Crippen LogP contribution in [0.2, 0.25) is 0 Å².